The van der Waals surface area contributed by atoms with Gasteiger partial charge in [-0.1, -0.05) is 23.8 Å². The molecule has 8 heteroatoms. The second-order valence-electron chi connectivity index (χ2n) is 6.37. The number of aryl methyl sites for hydroxylation is 3. The minimum atomic E-state index is 0. The van der Waals surface area contributed by atoms with Crippen molar-refractivity contribution in [2.75, 3.05) is 26.7 Å². The third kappa shape index (κ3) is 4.73. The zero-order valence-electron chi connectivity index (χ0n) is 15.8. The Morgan fingerprint density at radius 3 is 2.85 bits per heavy atom. The summed E-state index contributed by atoms with van der Waals surface area (Å²) >= 11 is 0. The molecule has 0 bridgehead atoms. The lowest BCUT2D eigenvalue weighted by atomic mass is 10.00. The average Bonchev–Trinajstić information content (AvgIpc) is 3.01. The van der Waals surface area contributed by atoms with Gasteiger partial charge >= 0.3 is 0 Å². The summed E-state index contributed by atoms with van der Waals surface area (Å²) in [5.41, 5.74) is 3.79. The molecule has 0 saturated carbocycles. The molecule has 7 nitrogen and oxygen atoms in total. The molecule has 1 saturated heterocycles. The van der Waals surface area contributed by atoms with Crippen LogP contribution < -0.4 is 5.32 Å². The fourth-order valence-corrected chi connectivity index (χ4v) is 3.19. The highest BCUT2D eigenvalue weighted by Crippen LogP contribution is 2.25. The number of nitrogens with one attached hydrogen (secondary N) is 1. The number of guanidine groups is 1. The summed E-state index contributed by atoms with van der Waals surface area (Å²) in [6.45, 7) is 7.13. The molecule has 2 aromatic rings. The fraction of sp³-hybridized carbons (Fsp3) is 0.500. The van der Waals surface area contributed by atoms with Gasteiger partial charge in [0.25, 0.3) is 0 Å². The molecule has 1 atom stereocenters. The Morgan fingerprint density at radius 1 is 1.38 bits per heavy atom. The first kappa shape index (κ1) is 20.6. The monoisotopic (exact) mass is 470 g/mol. The number of rotatable bonds is 3. The lowest BCUT2D eigenvalue weighted by Crippen LogP contribution is -2.48. The molecule has 1 aromatic heterocycles. The van der Waals surface area contributed by atoms with Gasteiger partial charge in [-0.05, 0) is 25.0 Å². The Labute approximate surface area is 171 Å². The summed E-state index contributed by atoms with van der Waals surface area (Å²) in [5, 5.41) is 7.47. The van der Waals surface area contributed by atoms with Gasteiger partial charge in [0.15, 0.2) is 5.96 Å². The predicted octanol–water partition coefficient (Wildman–Crippen LogP) is 2.20. The number of hydrogen-bond acceptors (Lipinski definition) is 4. The van der Waals surface area contributed by atoms with Gasteiger partial charge in [0.1, 0.15) is 18.3 Å². The molecular weight excluding hydrogens is 443 g/mol. The van der Waals surface area contributed by atoms with Gasteiger partial charge in [-0.2, -0.15) is 5.10 Å². The van der Waals surface area contributed by atoms with Crippen molar-refractivity contribution in [3.63, 3.8) is 0 Å². The van der Waals surface area contributed by atoms with Crippen molar-refractivity contribution >= 4 is 29.9 Å². The smallest absolute Gasteiger partial charge is 0.194 e. The van der Waals surface area contributed by atoms with E-state index in [9.17, 15) is 0 Å². The quantitative estimate of drug-likeness (QED) is 0.424. The molecule has 1 N–H and O–H groups in total. The van der Waals surface area contributed by atoms with Crippen molar-refractivity contribution in [3.8, 4) is 0 Å². The lowest BCUT2D eigenvalue weighted by Gasteiger charge is -2.35. The van der Waals surface area contributed by atoms with Gasteiger partial charge in [-0.3, -0.25) is 9.67 Å². The van der Waals surface area contributed by atoms with Crippen LogP contribution in [0.2, 0.25) is 0 Å². The maximum absolute atomic E-state index is 6.03. The van der Waals surface area contributed by atoms with Gasteiger partial charge in [0, 0.05) is 20.6 Å². The normalized spacial score (nSPS) is 17.8. The van der Waals surface area contributed by atoms with Crippen LogP contribution in [0.4, 0.5) is 0 Å². The van der Waals surface area contributed by atoms with Gasteiger partial charge in [-0.25, -0.2) is 4.98 Å². The minimum Gasteiger partial charge on any atom is -0.370 e. The van der Waals surface area contributed by atoms with Crippen LogP contribution >= 0.6 is 24.0 Å². The predicted molar refractivity (Wildman–Crippen MR) is 113 cm³/mol. The number of nitrogens with zero attached hydrogens (tertiary/aromatic N) is 5. The maximum atomic E-state index is 6.03. The van der Waals surface area contributed by atoms with E-state index < -0.39 is 0 Å². The van der Waals surface area contributed by atoms with Crippen molar-refractivity contribution in [1.29, 1.82) is 0 Å². The summed E-state index contributed by atoms with van der Waals surface area (Å²) in [6, 6.07) is 6.53. The lowest BCUT2D eigenvalue weighted by molar-refractivity contribution is -0.00835. The summed E-state index contributed by atoms with van der Waals surface area (Å²) in [7, 11) is 3.69. The van der Waals surface area contributed by atoms with Gasteiger partial charge in [0.05, 0.1) is 19.7 Å². The van der Waals surface area contributed by atoms with Crippen molar-refractivity contribution in [3.05, 3.63) is 47.0 Å². The first-order chi connectivity index (χ1) is 12.1. The summed E-state index contributed by atoms with van der Waals surface area (Å²) in [4.78, 5) is 10.9. The van der Waals surface area contributed by atoms with E-state index in [2.05, 4.69) is 57.3 Å². The van der Waals surface area contributed by atoms with Crippen molar-refractivity contribution in [2.45, 2.75) is 26.5 Å². The highest BCUT2D eigenvalue weighted by Gasteiger charge is 2.25. The summed E-state index contributed by atoms with van der Waals surface area (Å²) in [6.07, 6.45) is 1.62. The SMILES string of the molecule is CN=C(NCc1ncnn1C)N1CCOC(c2ccc(C)cc2C)C1.I. The van der Waals surface area contributed by atoms with E-state index in [1.54, 1.807) is 18.1 Å². The molecule has 142 valence electrons. The molecule has 1 aliphatic rings. The third-order valence-corrected chi connectivity index (χ3v) is 4.56. The Morgan fingerprint density at radius 2 is 2.19 bits per heavy atom. The second-order valence-corrected chi connectivity index (χ2v) is 6.37. The van der Waals surface area contributed by atoms with Crippen molar-refractivity contribution in [1.82, 2.24) is 25.0 Å². The number of benzene rings is 1. The van der Waals surface area contributed by atoms with Gasteiger partial charge in [-0.15, -0.1) is 24.0 Å². The maximum Gasteiger partial charge on any atom is 0.194 e. The summed E-state index contributed by atoms with van der Waals surface area (Å²) in [5.74, 6) is 1.74. The molecule has 2 heterocycles. The molecule has 0 spiro atoms. The number of morpholine rings is 1. The first-order valence-corrected chi connectivity index (χ1v) is 8.55. The molecule has 1 fully saturated rings. The van der Waals surface area contributed by atoms with Crippen LogP contribution in [-0.4, -0.2) is 52.4 Å². The van der Waals surface area contributed by atoms with Crippen molar-refractivity contribution < 1.29 is 4.74 Å². The topological polar surface area (TPSA) is 67.6 Å². The van der Waals surface area contributed by atoms with Crippen LogP contribution in [0.15, 0.2) is 29.5 Å². The third-order valence-electron chi connectivity index (χ3n) is 4.56. The molecule has 0 aliphatic carbocycles. The van der Waals surface area contributed by atoms with Crippen LogP contribution in [-0.2, 0) is 18.3 Å². The van der Waals surface area contributed by atoms with Crippen LogP contribution in [0, 0.1) is 13.8 Å². The van der Waals surface area contributed by atoms with E-state index in [0.717, 1.165) is 24.9 Å². The van der Waals surface area contributed by atoms with E-state index in [4.69, 9.17) is 4.74 Å². The number of halogens is 1. The van der Waals surface area contributed by atoms with Crippen LogP contribution in [0.1, 0.15) is 28.6 Å². The molecule has 1 unspecified atom stereocenters. The van der Waals surface area contributed by atoms with E-state index in [-0.39, 0.29) is 30.1 Å². The molecule has 3 rings (SSSR count). The highest BCUT2D eigenvalue weighted by atomic mass is 127. The van der Waals surface area contributed by atoms with Crippen LogP contribution in [0.5, 0.6) is 0 Å². The zero-order chi connectivity index (χ0) is 17.8. The number of aliphatic imine (C=N–C) groups is 1. The van der Waals surface area contributed by atoms with Crippen LogP contribution in [0.3, 0.4) is 0 Å². The average molecular weight is 470 g/mol. The van der Waals surface area contributed by atoms with Gasteiger partial charge in [0.2, 0.25) is 0 Å². The Bertz CT molecular complexity index is 760. The van der Waals surface area contributed by atoms with Crippen LogP contribution in [0.25, 0.3) is 0 Å². The summed E-state index contributed by atoms with van der Waals surface area (Å²) < 4.78 is 7.79. The molecule has 0 radical (unpaired) electrons. The number of aromatic nitrogens is 3. The largest absolute Gasteiger partial charge is 0.370 e. The highest BCUT2D eigenvalue weighted by molar-refractivity contribution is 14.0. The first-order valence-electron chi connectivity index (χ1n) is 8.55. The Kier molecular flexibility index (Phi) is 7.39. The van der Waals surface area contributed by atoms with E-state index in [1.807, 2.05) is 7.05 Å². The molecular formula is C18H27IN6O. The van der Waals surface area contributed by atoms with E-state index in [1.165, 1.54) is 16.7 Å². The Balaban J connectivity index is 0.00000243. The minimum absolute atomic E-state index is 0. The molecule has 26 heavy (non-hydrogen) atoms. The van der Waals surface area contributed by atoms with Crippen molar-refractivity contribution in [2.24, 2.45) is 12.0 Å². The zero-order valence-corrected chi connectivity index (χ0v) is 18.1. The van der Waals surface area contributed by atoms with Gasteiger partial charge < -0.3 is 15.0 Å². The molecule has 0 amide bonds. The number of ether oxygens (including phenoxy) is 1. The molecule has 1 aromatic carbocycles. The molecule has 1 aliphatic heterocycles. The Hall–Kier alpha value is -1.68. The van der Waals surface area contributed by atoms with E-state index in [0.29, 0.717) is 13.2 Å². The fourth-order valence-electron chi connectivity index (χ4n) is 3.19. The van der Waals surface area contributed by atoms with E-state index >= 15 is 0 Å². The number of hydrogen-bond donors (Lipinski definition) is 1. The second kappa shape index (κ2) is 9.31. The standard InChI is InChI=1S/C18H26N6O.HI/c1-13-5-6-15(14(2)9-13)16-11-24(7-8-25-16)18(19-3)20-10-17-21-12-22-23(17)4;/h5-6,9,12,16H,7-8,10-11H2,1-4H3,(H,19,20);1H.